The van der Waals surface area contributed by atoms with Crippen molar-refractivity contribution in [3.05, 3.63) is 44.8 Å². The van der Waals surface area contributed by atoms with Crippen LogP contribution in [-0.4, -0.2) is 26.3 Å². The van der Waals surface area contributed by atoms with Gasteiger partial charge >= 0.3 is 0 Å². The molecule has 1 atom stereocenters. The van der Waals surface area contributed by atoms with Gasteiger partial charge in [-0.15, -0.1) is 5.10 Å². The van der Waals surface area contributed by atoms with Gasteiger partial charge in [0.1, 0.15) is 6.20 Å². The number of anilines is 1. The van der Waals surface area contributed by atoms with Crippen LogP contribution in [0.1, 0.15) is 6.92 Å². The van der Waals surface area contributed by atoms with Crippen LogP contribution in [0.25, 0.3) is 0 Å². The zero-order valence-corrected chi connectivity index (χ0v) is 13.1. The van der Waals surface area contributed by atoms with Gasteiger partial charge in [0.15, 0.2) is 5.16 Å². The van der Waals surface area contributed by atoms with Crippen LogP contribution in [0, 0.1) is 0 Å². The molecule has 9 heteroatoms. The van der Waals surface area contributed by atoms with Gasteiger partial charge in [-0.2, -0.15) is 5.10 Å². The Balaban J connectivity index is 2.04. The van der Waals surface area contributed by atoms with Crippen molar-refractivity contribution in [2.75, 3.05) is 5.32 Å². The maximum absolute atomic E-state index is 12.1. The minimum atomic E-state index is -0.491. The Morgan fingerprint density at radius 2 is 2.00 bits per heavy atom. The van der Waals surface area contributed by atoms with Gasteiger partial charge in [-0.05, 0) is 25.1 Å². The third-order valence-corrected chi connectivity index (χ3v) is 3.75. The van der Waals surface area contributed by atoms with Gasteiger partial charge in [0.05, 0.1) is 5.25 Å². The van der Waals surface area contributed by atoms with E-state index in [2.05, 4.69) is 20.5 Å². The van der Waals surface area contributed by atoms with Gasteiger partial charge < -0.3 is 5.32 Å². The minimum absolute atomic E-state index is 0.272. The fourth-order valence-corrected chi connectivity index (χ4v) is 2.72. The maximum Gasteiger partial charge on any atom is 0.270 e. The number of carbonyl (C=O) groups is 1. The number of thioether (sulfide) groups is 1. The van der Waals surface area contributed by atoms with Crippen LogP contribution in [0.4, 0.5) is 5.69 Å². The first kappa shape index (κ1) is 15.8. The lowest BCUT2D eigenvalue weighted by Gasteiger charge is -2.11. The van der Waals surface area contributed by atoms with E-state index in [1.54, 1.807) is 25.1 Å². The molecule has 0 fully saturated rings. The summed E-state index contributed by atoms with van der Waals surface area (Å²) in [6, 6.07) is 4.75. The third kappa shape index (κ3) is 4.73. The summed E-state index contributed by atoms with van der Waals surface area (Å²) in [6.07, 6.45) is 1.06. The van der Waals surface area contributed by atoms with Gasteiger partial charge in [-0.1, -0.05) is 35.0 Å². The molecule has 110 valence electrons. The largest absolute Gasteiger partial charge is 0.325 e. The summed E-state index contributed by atoms with van der Waals surface area (Å²) in [4.78, 5) is 25.7. The Kier molecular flexibility index (Phi) is 5.22. The number of hydrogen-bond acceptors (Lipinski definition) is 5. The van der Waals surface area contributed by atoms with E-state index in [1.165, 1.54) is 0 Å². The van der Waals surface area contributed by atoms with Crippen molar-refractivity contribution in [3.63, 3.8) is 0 Å². The molecule has 2 N–H and O–H groups in total. The SMILES string of the molecule is C[C@H](Sc1nncc(=O)[nH]1)C(=O)Nc1cc(Cl)cc(Cl)c1. The van der Waals surface area contributed by atoms with Gasteiger partial charge in [-0.3, -0.25) is 14.6 Å². The third-order valence-electron chi connectivity index (χ3n) is 2.34. The lowest BCUT2D eigenvalue weighted by molar-refractivity contribution is -0.115. The standard InChI is InChI=1S/C12H10Cl2N4O2S/c1-6(21-12-17-10(19)5-15-18-12)11(20)16-9-3-7(13)2-8(14)4-9/h2-6H,1H3,(H,16,20)(H,17,18,19)/t6-/m0/s1. The molecule has 1 aromatic carbocycles. The molecule has 0 aliphatic rings. The summed E-state index contributed by atoms with van der Waals surface area (Å²) >= 11 is 12.8. The van der Waals surface area contributed by atoms with E-state index in [0.29, 0.717) is 15.7 Å². The first-order valence-corrected chi connectivity index (χ1v) is 7.43. The highest BCUT2D eigenvalue weighted by Crippen LogP contribution is 2.24. The number of halogens is 2. The van der Waals surface area contributed by atoms with E-state index in [1.807, 2.05) is 0 Å². The van der Waals surface area contributed by atoms with E-state index in [0.717, 1.165) is 18.0 Å². The molecular formula is C12H10Cl2N4O2S. The lowest BCUT2D eigenvalue weighted by Crippen LogP contribution is -2.23. The van der Waals surface area contributed by atoms with Crippen molar-refractivity contribution < 1.29 is 4.79 Å². The molecule has 0 aliphatic heterocycles. The van der Waals surface area contributed by atoms with Crippen LogP contribution in [0.5, 0.6) is 0 Å². The molecule has 1 heterocycles. The fraction of sp³-hybridized carbons (Fsp3) is 0.167. The van der Waals surface area contributed by atoms with Crippen LogP contribution in [-0.2, 0) is 4.79 Å². The molecule has 1 amide bonds. The van der Waals surface area contributed by atoms with Crippen molar-refractivity contribution in [2.45, 2.75) is 17.3 Å². The number of benzene rings is 1. The molecule has 0 radical (unpaired) electrons. The number of aromatic nitrogens is 3. The van der Waals surface area contributed by atoms with E-state index < -0.39 is 5.25 Å². The van der Waals surface area contributed by atoms with Gasteiger partial charge in [-0.25, -0.2) is 0 Å². The second-order valence-electron chi connectivity index (χ2n) is 4.05. The number of amides is 1. The number of hydrogen-bond donors (Lipinski definition) is 2. The molecule has 0 unspecified atom stereocenters. The molecule has 6 nitrogen and oxygen atoms in total. The summed E-state index contributed by atoms with van der Waals surface area (Å²) in [5, 5.41) is 10.6. The lowest BCUT2D eigenvalue weighted by atomic mass is 10.3. The minimum Gasteiger partial charge on any atom is -0.325 e. The normalized spacial score (nSPS) is 12.0. The average molecular weight is 345 g/mol. The number of nitrogens with one attached hydrogen (secondary N) is 2. The van der Waals surface area contributed by atoms with E-state index in [-0.39, 0.29) is 16.6 Å². The van der Waals surface area contributed by atoms with Crippen molar-refractivity contribution in [3.8, 4) is 0 Å². The predicted octanol–water partition coefficient (Wildman–Crippen LogP) is 2.59. The van der Waals surface area contributed by atoms with Crippen LogP contribution in [0.2, 0.25) is 10.0 Å². The van der Waals surface area contributed by atoms with E-state index >= 15 is 0 Å². The zero-order valence-electron chi connectivity index (χ0n) is 10.8. The molecule has 0 saturated carbocycles. The van der Waals surface area contributed by atoms with Crippen molar-refractivity contribution in [2.24, 2.45) is 0 Å². The number of aromatic amines is 1. The first-order valence-electron chi connectivity index (χ1n) is 5.79. The molecule has 0 saturated heterocycles. The van der Waals surface area contributed by atoms with Crippen LogP contribution in [0.3, 0.4) is 0 Å². The summed E-state index contributed by atoms with van der Waals surface area (Å²) in [5.74, 6) is -0.273. The first-order chi connectivity index (χ1) is 9.94. The average Bonchev–Trinajstić information content (AvgIpc) is 2.37. The molecule has 0 aliphatic carbocycles. The van der Waals surface area contributed by atoms with Crippen LogP contribution >= 0.6 is 35.0 Å². The van der Waals surface area contributed by atoms with E-state index in [4.69, 9.17) is 23.2 Å². The zero-order chi connectivity index (χ0) is 15.4. The van der Waals surface area contributed by atoms with Crippen molar-refractivity contribution >= 4 is 46.6 Å². The second kappa shape index (κ2) is 6.93. The number of rotatable bonds is 4. The topological polar surface area (TPSA) is 87.7 Å². The maximum atomic E-state index is 12.1. The number of H-pyrrole nitrogens is 1. The second-order valence-corrected chi connectivity index (χ2v) is 6.25. The van der Waals surface area contributed by atoms with Gasteiger partial charge in [0, 0.05) is 15.7 Å². The highest BCUT2D eigenvalue weighted by Gasteiger charge is 2.16. The molecule has 2 aromatic rings. The Bertz CT molecular complexity index is 702. The Labute approximate surface area is 134 Å². The number of carbonyl (C=O) groups excluding carboxylic acids is 1. The van der Waals surface area contributed by atoms with Gasteiger partial charge in [0.25, 0.3) is 5.56 Å². The van der Waals surface area contributed by atoms with Crippen molar-refractivity contribution in [1.82, 2.24) is 15.2 Å². The Morgan fingerprint density at radius 1 is 1.33 bits per heavy atom. The summed E-state index contributed by atoms with van der Waals surface area (Å²) < 4.78 is 0. The highest BCUT2D eigenvalue weighted by molar-refractivity contribution is 8.00. The summed E-state index contributed by atoms with van der Waals surface area (Å²) in [5.41, 5.74) is 0.124. The monoisotopic (exact) mass is 344 g/mol. The molecule has 1 aromatic heterocycles. The Morgan fingerprint density at radius 3 is 2.62 bits per heavy atom. The van der Waals surface area contributed by atoms with Crippen molar-refractivity contribution in [1.29, 1.82) is 0 Å². The van der Waals surface area contributed by atoms with Crippen LogP contribution < -0.4 is 10.9 Å². The predicted molar refractivity (Wildman–Crippen MR) is 83.1 cm³/mol. The Hall–Kier alpha value is -1.57. The molecule has 0 bridgehead atoms. The molecular weight excluding hydrogens is 335 g/mol. The fourth-order valence-electron chi connectivity index (χ4n) is 1.44. The van der Waals surface area contributed by atoms with Crippen LogP contribution in [0.15, 0.2) is 34.3 Å². The van der Waals surface area contributed by atoms with Gasteiger partial charge in [0.2, 0.25) is 5.91 Å². The molecule has 21 heavy (non-hydrogen) atoms. The summed E-state index contributed by atoms with van der Waals surface area (Å²) in [7, 11) is 0. The van der Waals surface area contributed by atoms with E-state index in [9.17, 15) is 9.59 Å². The smallest absolute Gasteiger partial charge is 0.270 e. The summed E-state index contributed by atoms with van der Waals surface area (Å²) in [6.45, 7) is 1.68. The number of nitrogens with zero attached hydrogens (tertiary/aromatic N) is 2. The highest BCUT2D eigenvalue weighted by atomic mass is 35.5. The molecule has 2 rings (SSSR count). The quantitative estimate of drug-likeness (QED) is 0.832. The molecule has 0 spiro atoms.